The molecular formula is C31H40N6O5. The molecule has 1 atom stereocenters. The molecule has 42 heavy (non-hydrogen) atoms. The smallest absolute Gasteiger partial charge is 0.324 e. The van der Waals surface area contributed by atoms with Crippen molar-refractivity contribution in [1.82, 2.24) is 19.9 Å². The first-order valence-corrected chi connectivity index (χ1v) is 14.4. The lowest BCUT2D eigenvalue weighted by Crippen LogP contribution is -2.31. The Balaban J connectivity index is 1.38. The first-order chi connectivity index (χ1) is 20.2. The number of hydrogen-bond acceptors (Lipinski definition) is 6. The van der Waals surface area contributed by atoms with Crippen molar-refractivity contribution in [3.63, 3.8) is 0 Å². The number of carboxylic acid groups (broad SMARTS) is 1. The van der Waals surface area contributed by atoms with E-state index in [1.54, 1.807) is 41.5 Å². The Labute approximate surface area is 246 Å². The Kier molecular flexibility index (Phi) is 10.5. The summed E-state index contributed by atoms with van der Waals surface area (Å²) in [5.41, 5.74) is 2.94. The number of nitrogens with zero attached hydrogens (tertiary/aromatic N) is 3. The van der Waals surface area contributed by atoms with E-state index in [2.05, 4.69) is 39.8 Å². The summed E-state index contributed by atoms with van der Waals surface area (Å²) in [5.74, 6) is 0.644. The van der Waals surface area contributed by atoms with E-state index < -0.39 is 12.0 Å². The highest BCUT2D eigenvalue weighted by Gasteiger charge is 2.22. The minimum atomic E-state index is -0.879. The van der Waals surface area contributed by atoms with Gasteiger partial charge in [0.05, 0.1) is 43.7 Å². The molecular weight excluding hydrogens is 536 g/mol. The van der Waals surface area contributed by atoms with Crippen LogP contribution in [0.4, 0.5) is 16.3 Å². The summed E-state index contributed by atoms with van der Waals surface area (Å²) < 4.78 is 7.25. The Morgan fingerprint density at radius 3 is 2.62 bits per heavy atom. The molecule has 11 nitrogen and oxygen atoms in total. The molecule has 1 aliphatic rings. The number of anilines is 2. The van der Waals surface area contributed by atoms with Crippen LogP contribution in [0.5, 0.6) is 5.75 Å². The van der Waals surface area contributed by atoms with Crippen LogP contribution in [0, 0.1) is 5.92 Å². The number of aliphatic carboxylic acids is 1. The second-order valence-corrected chi connectivity index (χ2v) is 11.1. The number of pyridine rings is 1. The molecule has 2 heterocycles. The molecule has 4 rings (SSSR count). The lowest BCUT2D eigenvalue weighted by molar-refractivity contribution is -0.137. The summed E-state index contributed by atoms with van der Waals surface area (Å²) in [7, 11) is 1.51. The maximum Gasteiger partial charge on any atom is 0.324 e. The van der Waals surface area contributed by atoms with E-state index in [1.807, 2.05) is 12.1 Å². The van der Waals surface area contributed by atoms with Gasteiger partial charge in [-0.15, -0.1) is 0 Å². The molecule has 0 spiro atoms. The number of rotatable bonds is 13. The monoisotopic (exact) mass is 576 g/mol. The molecule has 1 fully saturated rings. The van der Waals surface area contributed by atoms with Gasteiger partial charge in [0.1, 0.15) is 11.6 Å². The first-order valence-electron chi connectivity index (χ1n) is 14.4. The van der Waals surface area contributed by atoms with Gasteiger partial charge in [-0.05, 0) is 60.4 Å². The summed E-state index contributed by atoms with van der Waals surface area (Å²) in [6.45, 7) is 4.44. The van der Waals surface area contributed by atoms with Crippen LogP contribution in [0.3, 0.4) is 0 Å². The predicted octanol–water partition coefficient (Wildman–Crippen LogP) is 5.51. The highest BCUT2D eigenvalue weighted by atomic mass is 16.5. The van der Waals surface area contributed by atoms with E-state index in [0.29, 0.717) is 47.8 Å². The zero-order valence-corrected chi connectivity index (χ0v) is 24.4. The molecule has 0 saturated heterocycles. The van der Waals surface area contributed by atoms with E-state index in [4.69, 9.17) is 9.84 Å². The lowest BCUT2D eigenvalue weighted by atomic mass is 9.98. The Hall–Kier alpha value is -4.41. The van der Waals surface area contributed by atoms with Gasteiger partial charge >= 0.3 is 12.0 Å². The number of carboxylic acids is 1. The number of methoxy groups -OCH3 is 1. The van der Waals surface area contributed by atoms with Gasteiger partial charge in [0, 0.05) is 18.9 Å². The Morgan fingerprint density at radius 2 is 1.90 bits per heavy atom. The van der Waals surface area contributed by atoms with E-state index in [-0.39, 0.29) is 24.8 Å². The average molecular weight is 577 g/mol. The second kappa shape index (κ2) is 14.5. The number of nitrogens with one attached hydrogen (secondary N) is 3. The minimum Gasteiger partial charge on any atom is -0.495 e. The molecule has 224 valence electrons. The maximum atomic E-state index is 13.1. The summed E-state index contributed by atoms with van der Waals surface area (Å²) in [6, 6.07) is 8.42. The summed E-state index contributed by atoms with van der Waals surface area (Å²) >= 11 is 0. The molecule has 0 bridgehead atoms. The zero-order valence-electron chi connectivity index (χ0n) is 24.4. The van der Waals surface area contributed by atoms with Crippen LogP contribution in [0.25, 0.3) is 0 Å². The van der Waals surface area contributed by atoms with Gasteiger partial charge in [0.15, 0.2) is 0 Å². The number of carbonyl (C=O) groups is 3. The fourth-order valence-electron chi connectivity index (χ4n) is 5.36. The normalized spacial score (nSPS) is 14.0. The van der Waals surface area contributed by atoms with Crippen LogP contribution in [0.15, 0.2) is 49.1 Å². The molecule has 1 aromatic carbocycles. The summed E-state index contributed by atoms with van der Waals surface area (Å²) in [4.78, 5) is 45.7. The number of aromatic nitrogens is 3. The topological polar surface area (TPSA) is 147 Å². The maximum absolute atomic E-state index is 13.1. The third-order valence-electron chi connectivity index (χ3n) is 7.38. The van der Waals surface area contributed by atoms with Crippen molar-refractivity contribution in [1.29, 1.82) is 0 Å². The highest BCUT2D eigenvalue weighted by Crippen LogP contribution is 2.37. The number of aryl methyl sites for hydroxylation is 1. The molecule has 0 radical (unpaired) electrons. The fourth-order valence-corrected chi connectivity index (χ4v) is 5.36. The van der Waals surface area contributed by atoms with Crippen molar-refractivity contribution in [2.75, 3.05) is 17.7 Å². The molecule has 0 aliphatic heterocycles. The largest absolute Gasteiger partial charge is 0.495 e. The summed E-state index contributed by atoms with van der Waals surface area (Å²) in [6.07, 6.45) is 10.4. The van der Waals surface area contributed by atoms with Crippen molar-refractivity contribution in [3.05, 3.63) is 65.9 Å². The van der Waals surface area contributed by atoms with Gasteiger partial charge in [-0.2, -0.15) is 0 Å². The standard InChI is InChI=1S/C31H40N6O5/c1-20(2)15-25(26-18-37(19-33-26)14-12-29(39)40)34-28(38)17-21-10-11-24(27(16-21)42-3)35-31(41)36-30-23(9-6-13-32-30)22-7-4-5-8-22/h6,9-11,13,16,18-20,22,25H,4-5,7-8,12,14-15,17H2,1-3H3,(H,34,38)(H,39,40)(H2,32,35,36,41). The number of amides is 3. The second-order valence-electron chi connectivity index (χ2n) is 11.1. The van der Waals surface area contributed by atoms with E-state index in [1.165, 1.54) is 20.0 Å². The van der Waals surface area contributed by atoms with Crippen molar-refractivity contribution in [2.24, 2.45) is 5.92 Å². The van der Waals surface area contributed by atoms with Crippen molar-refractivity contribution >= 4 is 29.4 Å². The lowest BCUT2D eigenvalue weighted by Gasteiger charge is -2.19. The number of benzene rings is 1. The van der Waals surface area contributed by atoms with E-state index >= 15 is 0 Å². The molecule has 1 unspecified atom stereocenters. The van der Waals surface area contributed by atoms with Gasteiger partial charge in [0.25, 0.3) is 0 Å². The third kappa shape index (κ3) is 8.55. The van der Waals surface area contributed by atoms with Crippen molar-refractivity contribution < 1.29 is 24.2 Å². The van der Waals surface area contributed by atoms with Crippen LogP contribution in [-0.4, -0.2) is 44.7 Å². The Bertz CT molecular complexity index is 1380. The van der Waals surface area contributed by atoms with Gasteiger partial charge in [-0.1, -0.05) is 38.8 Å². The van der Waals surface area contributed by atoms with Crippen molar-refractivity contribution in [2.45, 2.75) is 77.3 Å². The van der Waals surface area contributed by atoms with Crippen molar-refractivity contribution in [3.8, 4) is 5.75 Å². The summed E-state index contributed by atoms with van der Waals surface area (Å²) in [5, 5.41) is 17.7. The zero-order chi connectivity index (χ0) is 30.1. The van der Waals surface area contributed by atoms with Gasteiger partial charge in [-0.25, -0.2) is 14.8 Å². The first kappa shape index (κ1) is 30.5. The molecule has 3 aromatic rings. The average Bonchev–Trinajstić information content (AvgIpc) is 3.65. The number of ether oxygens (including phenoxy) is 1. The minimum absolute atomic E-state index is 0.00397. The fraction of sp³-hybridized carbons (Fsp3) is 0.452. The van der Waals surface area contributed by atoms with E-state index in [0.717, 1.165) is 24.0 Å². The van der Waals surface area contributed by atoms with Gasteiger partial charge in [0.2, 0.25) is 5.91 Å². The molecule has 4 N–H and O–H groups in total. The number of carbonyl (C=O) groups excluding carboxylic acids is 2. The number of imidazole rings is 1. The quantitative estimate of drug-likeness (QED) is 0.210. The van der Waals surface area contributed by atoms with Crippen LogP contribution in [0.1, 0.15) is 81.2 Å². The molecule has 1 saturated carbocycles. The third-order valence-corrected chi connectivity index (χ3v) is 7.38. The Morgan fingerprint density at radius 1 is 1.12 bits per heavy atom. The van der Waals surface area contributed by atoms with Gasteiger partial charge < -0.3 is 25.0 Å². The molecule has 2 aromatic heterocycles. The molecule has 3 amide bonds. The number of urea groups is 1. The van der Waals surface area contributed by atoms with Crippen LogP contribution < -0.4 is 20.7 Å². The SMILES string of the molecule is COc1cc(CC(=O)NC(CC(C)C)c2cn(CCC(=O)O)cn2)ccc1NC(=O)Nc1ncccc1C1CCCC1. The predicted molar refractivity (Wildman–Crippen MR) is 160 cm³/mol. The van der Waals surface area contributed by atoms with Crippen LogP contribution in [-0.2, 0) is 22.6 Å². The molecule has 11 heteroatoms. The molecule has 1 aliphatic carbocycles. The van der Waals surface area contributed by atoms with Gasteiger partial charge in [-0.3, -0.25) is 14.9 Å². The number of hydrogen-bond donors (Lipinski definition) is 4. The van der Waals surface area contributed by atoms with E-state index in [9.17, 15) is 14.4 Å². The highest BCUT2D eigenvalue weighted by molar-refractivity contribution is 6.00. The van der Waals surface area contributed by atoms with Crippen LogP contribution >= 0.6 is 0 Å². The van der Waals surface area contributed by atoms with Crippen LogP contribution in [0.2, 0.25) is 0 Å².